The molecule has 0 unspecified atom stereocenters. The van der Waals surface area contributed by atoms with Gasteiger partial charge in [-0.1, -0.05) is 181 Å². The van der Waals surface area contributed by atoms with Crippen molar-refractivity contribution in [3.63, 3.8) is 0 Å². The van der Waals surface area contributed by atoms with E-state index in [0.717, 1.165) is 6.42 Å². The molecule has 0 N–H and O–H groups in total. The van der Waals surface area contributed by atoms with Gasteiger partial charge in [0.05, 0.1) is 0 Å². The van der Waals surface area contributed by atoms with E-state index in [1.54, 1.807) is 0 Å². The fourth-order valence-corrected chi connectivity index (χ4v) is 6.32. The van der Waals surface area contributed by atoms with Gasteiger partial charge in [0.2, 0.25) is 0 Å². The van der Waals surface area contributed by atoms with E-state index in [0.29, 0.717) is 0 Å². The summed E-state index contributed by atoms with van der Waals surface area (Å²) in [5.74, 6) is 0. The predicted molar refractivity (Wildman–Crippen MR) is 214 cm³/mol. The normalized spacial score (nSPS) is 15.1. The van der Waals surface area contributed by atoms with Crippen molar-refractivity contribution in [3.8, 4) is 0 Å². The molecule has 244 valence electrons. The van der Waals surface area contributed by atoms with Crippen LogP contribution in [0, 0.1) is 40.0 Å². The number of aryl methyl sites for hydroxylation is 5. The number of benzene rings is 5. The van der Waals surface area contributed by atoms with Crippen LogP contribution in [0.1, 0.15) is 75.9 Å². The zero-order chi connectivity index (χ0) is 34.5. The Labute approximate surface area is 294 Å². The highest BCUT2D eigenvalue weighted by atomic mass is 14.3. The topological polar surface area (TPSA) is 0 Å². The van der Waals surface area contributed by atoms with Crippen molar-refractivity contribution < 1.29 is 0 Å². The van der Waals surface area contributed by atoms with E-state index in [1.165, 1.54) is 83.5 Å². The van der Waals surface area contributed by atoms with Crippen LogP contribution in [-0.2, 0) is 0 Å². The largest absolute Gasteiger partial charge is 0.0780 e. The molecule has 5 aromatic carbocycles. The van der Waals surface area contributed by atoms with E-state index in [4.69, 9.17) is 0 Å². The molecule has 0 atom stereocenters. The van der Waals surface area contributed by atoms with E-state index in [-0.39, 0.29) is 5.41 Å². The van der Waals surface area contributed by atoms with Crippen LogP contribution in [0.3, 0.4) is 0 Å². The summed E-state index contributed by atoms with van der Waals surface area (Å²) in [5.41, 5.74) is 18.4. The molecule has 0 saturated carbocycles. The van der Waals surface area contributed by atoms with Crippen molar-refractivity contribution in [2.24, 2.45) is 5.41 Å². The number of allylic oxidation sites excluding steroid dienone is 9. The van der Waals surface area contributed by atoms with Crippen LogP contribution in [0.2, 0.25) is 0 Å². The molecule has 1 aliphatic carbocycles. The monoisotopic (exact) mass is 636 g/mol. The lowest BCUT2D eigenvalue weighted by Crippen LogP contribution is -2.08. The molecule has 1 aliphatic rings. The fraction of sp³-hybridized carbons (Fsp3) is 0.184. The minimum atomic E-state index is 0.152. The minimum absolute atomic E-state index is 0.152. The Hall–Kier alpha value is -5.20. The van der Waals surface area contributed by atoms with E-state index >= 15 is 0 Å². The van der Waals surface area contributed by atoms with Crippen LogP contribution in [0.5, 0.6) is 0 Å². The molecule has 0 fully saturated rings. The zero-order valence-corrected chi connectivity index (χ0v) is 30.1. The minimum Gasteiger partial charge on any atom is -0.0780 e. The molecule has 0 heterocycles. The summed E-state index contributed by atoms with van der Waals surface area (Å²) in [6.45, 7) is 15.4. The highest BCUT2D eigenvalue weighted by molar-refractivity contribution is 6.28. The lowest BCUT2D eigenvalue weighted by Gasteiger charge is -2.25. The number of hydrogen-bond donors (Lipinski definition) is 0. The van der Waals surface area contributed by atoms with Gasteiger partial charge >= 0.3 is 0 Å². The molecule has 5 aromatic rings. The molecule has 0 saturated heterocycles. The summed E-state index contributed by atoms with van der Waals surface area (Å²) >= 11 is 0. The first-order valence-corrected chi connectivity index (χ1v) is 17.5. The van der Waals surface area contributed by atoms with Crippen LogP contribution in [0.25, 0.3) is 28.4 Å². The lowest BCUT2D eigenvalue weighted by molar-refractivity contribution is 0.483. The van der Waals surface area contributed by atoms with Crippen LogP contribution >= 0.6 is 0 Å². The smallest absolute Gasteiger partial charge is 0.00204 e. The van der Waals surface area contributed by atoms with Gasteiger partial charge in [-0.25, -0.2) is 0 Å². The van der Waals surface area contributed by atoms with Crippen molar-refractivity contribution in [2.75, 3.05) is 0 Å². The Bertz CT molecular complexity index is 2070. The predicted octanol–water partition coefficient (Wildman–Crippen LogP) is 13.4. The Balaban J connectivity index is 1.78. The molecule has 0 heteroatoms. The van der Waals surface area contributed by atoms with Gasteiger partial charge in [-0.2, -0.15) is 0 Å². The quantitative estimate of drug-likeness (QED) is 0.117. The number of hydrogen-bond acceptors (Lipinski definition) is 0. The Morgan fingerprint density at radius 2 is 0.796 bits per heavy atom. The third kappa shape index (κ3) is 8.27. The van der Waals surface area contributed by atoms with Gasteiger partial charge in [-0.3, -0.25) is 0 Å². The van der Waals surface area contributed by atoms with Gasteiger partial charge in [-0.05, 0) is 114 Å². The van der Waals surface area contributed by atoms with Crippen molar-refractivity contribution in [2.45, 2.75) is 54.9 Å². The van der Waals surface area contributed by atoms with Gasteiger partial charge in [-0.15, -0.1) is 0 Å². The second-order valence-electron chi connectivity index (χ2n) is 14.5. The van der Waals surface area contributed by atoms with Crippen LogP contribution in [0.15, 0.2) is 151 Å². The highest BCUT2D eigenvalue weighted by Gasteiger charge is 2.23. The molecule has 49 heavy (non-hydrogen) atoms. The molecule has 0 radical (unpaired) electrons. The highest BCUT2D eigenvalue weighted by Crippen LogP contribution is 2.46. The van der Waals surface area contributed by atoms with E-state index < -0.39 is 0 Å². The molecule has 0 bridgehead atoms. The van der Waals surface area contributed by atoms with Gasteiger partial charge < -0.3 is 0 Å². The Morgan fingerprint density at radius 1 is 0.449 bits per heavy atom. The average molecular weight is 637 g/mol. The fourth-order valence-electron chi connectivity index (χ4n) is 6.32. The molecule has 0 spiro atoms. The van der Waals surface area contributed by atoms with Gasteiger partial charge in [0.15, 0.2) is 0 Å². The Kier molecular flexibility index (Phi) is 9.97. The molecular formula is C49H48. The maximum absolute atomic E-state index is 2.42. The first kappa shape index (κ1) is 33.7. The second-order valence-corrected chi connectivity index (χ2v) is 14.5. The van der Waals surface area contributed by atoms with Crippen molar-refractivity contribution >= 4 is 28.4 Å². The lowest BCUT2D eigenvalue weighted by atomic mass is 9.79. The van der Waals surface area contributed by atoms with E-state index in [2.05, 4.69) is 200 Å². The molecule has 0 amide bonds. The maximum Gasteiger partial charge on any atom is -0.00204 e. The van der Waals surface area contributed by atoms with Crippen LogP contribution < -0.4 is 0 Å². The van der Waals surface area contributed by atoms with Crippen LogP contribution in [0.4, 0.5) is 0 Å². The molecule has 0 aliphatic heterocycles. The molecular weight excluding hydrogens is 589 g/mol. The van der Waals surface area contributed by atoms with Crippen LogP contribution in [-0.4, -0.2) is 0 Å². The summed E-state index contributed by atoms with van der Waals surface area (Å²) in [6, 6.07) is 45.1. The van der Waals surface area contributed by atoms with Crippen molar-refractivity contribution in [1.29, 1.82) is 0 Å². The first-order chi connectivity index (χ1) is 23.5. The summed E-state index contributed by atoms with van der Waals surface area (Å²) in [5, 5.41) is 0. The summed E-state index contributed by atoms with van der Waals surface area (Å²) < 4.78 is 0. The van der Waals surface area contributed by atoms with Gasteiger partial charge in [0, 0.05) is 0 Å². The van der Waals surface area contributed by atoms with Gasteiger partial charge in [0.1, 0.15) is 0 Å². The third-order valence-corrected chi connectivity index (χ3v) is 9.48. The molecule has 0 nitrogen and oxygen atoms in total. The molecule has 0 aromatic heterocycles. The average Bonchev–Trinajstić information content (AvgIpc) is 3.09. The standard InChI is InChI=1S/C49H48/c1-34-8-18-39(19-9-34)32-45(41-20-10-35(2)11-21-41)47(43-24-14-37(4)15-25-43)48(44-26-16-38(5)17-27-44)46(42-22-12-36(3)13-23-42)33-40-28-30-49(6,7)31-29-40/h8-30,32-33H,31H2,1-7H3/b45-32+,46-33+,48-47-. The van der Waals surface area contributed by atoms with Gasteiger partial charge in [0.25, 0.3) is 0 Å². The third-order valence-electron chi connectivity index (χ3n) is 9.48. The zero-order valence-electron chi connectivity index (χ0n) is 30.1. The first-order valence-electron chi connectivity index (χ1n) is 17.5. The summed E-state index contributed by atoms with van der Waals surface area (Å²) in [4.78, 5) is 0. The second kappa shape index (κ2) is 14.5. The SMILES string of the molecule is Cc1ccc(/C=C(/C(=C(\C(=C\C2=CCC(C)(C)C=C2)c2ccc(C)cc2)c2ccc(C)cc2)c2ccc(C)cc2)c2ccc(C)cc2)cc1. The number of rotatable bonds is 8. The maximum atomic E-state index is 2.42. The van der Waals surface area contributed by atoms with E-state index in [1.807, 2.05) is 0 Å². The van der Waals surface area contributed by atoms with Crippen molar-refractivity contribution in [3.05, 3.63) is 207 Å². The Morgan fingerprint density at radius 3 is 1.16 bits per heavy atom. The summed E-state index contributed by atoms with van der Waals surface area (Å²) in [6.07, 6.45) is 12.9. The summed E-state index contributed by atoms with van der Waals surface area (Å²) in [7, 11) is 0. The van der Waals surface area contributed by atoms with E-state index in [9.17, 15) is 0 Å². The van der Waals surface area contributed by atoms with Crippen molar-refractivity contribution in [1.82, 2.24) is 0 Å². The molecule has 6 rings (SSSR count).